The summed E-state index contributed by atoms with van der Waals surface area (Å²) < 4.78 is 11.1. The number of nitrogens with one attached hydrogen (secondary N) is 1. The van der Waals surface area contributed by atoms with Crippen molar-refractivity contribution in [2.45, 2.75) is 20.5 Å². The summed E-state index contributed by atoms with van der Waals surface area (Å²) in [6.07, 6.45) is 3.25. The lowest BCUT2D eigenvalue weighted by atomic mass is 9.97. The van der Waals surface area contributed by atoms with Crippen LogP contribution in [0.1, 0.15) is 32.9 Å². The number of ether oxygens (including phenoxy) is 2. The lowest BCUT2D eigenvalue weighted by Crippen LogP contribution is -2.14. The van der Waals surface area contributed by atoms with Crippen LogP contribution in [0, 0.1) is 25.2 Å². The number of aromatic nitrogens is 4. The molecule has 170 valence electrons. The fourth-order valence-electron chi connectivity index (χ4n) is 3.15. The van der Waals surface area contributed by atoms with E-state index >= 15 is 0 Å². The van der Waals surface area contributed by atoms with Gasteiger partial charge in [0.05, 0.1) is 30.0 Å². The maximum absolute atomic E-state index is 13.1. The minimum atomic E-state index is -0.421. The van der Waals surface area contributed by atoms with Crippen molar-refractivity contribution in [3.8, 4) is 28.1 Å². The van der Waals surface area contributed by atoms with Crippen molar-refractivity contribution in [2.24, 2.45) is 0 Å². The molecule has 1 aromatic carbocycles. The SMILES string of the molecule is COc1ccc(C#N)cc1-c1cc(C)ncc1C(=O)Nc1nnc(OCc2ccc(C)cn2)s1. The number of amides is 1. The maximum Gasteiger partial charge on any atom is 0.296 e. The number of aryl methyl sites for hydroxylation is 2. The molecule has 4 aromatic rings. The van der Waals surface area contributed by atoms with E-state index in [-0.39, 0.29) is 11.7 Å². The van der Waals surface area contributed by atoms with Gasteiger partial charge in [-0.25, -0.2) is 0 Å². The number of pyridine rings is 2. The van der Waals surface area contributed by atoms with Gasteiger partial charge in [0.1, 0.15) is 12.4 Å². The van der Waals surface area contributed by atoms with Gasteiger partial charge in [0.2, 0.25) is 5.13 Å². The number of hydrogen-bond acceptors (Lipinski definition) is 9. The summed E-state index contributed by atoms with van der Waals surface area (Å²) in [5.41, 5.74) is 4.50. The Kier molecular flexibility index (Phi) is 6.75. The highest BCUT2D eigenvalue weighted by atomic mass is 32.1. The smallest absolute Gasteiger partial charge is 0.296 e. The number of benzene rings is 1. The Hall–Kier alpha value is -4.36. The standard InChI is InChI=1S/C24H20N6O3S/c1-14-4-6-17(27-11-14)13-33-24-30-29-23(34-24)28-22(31)20-12-26-15(2)8-18(20)19-9-16(10-25)5-7-21(19)32-3/h4-9,11-12H,13H2,1-3H3,(H,28,29,31). The number of carbonyl (C=O) groups excluding carboxylic acids is 1. The van der Waals surface area contributed by atoms with Crippen molar-refractivity contribution in [1.82, 2.24) is 20.2 Å². The first-order chi connectivity index (χ1) is 16.5. The molecule has 0 fully saturated rings. The van der Waals surface area contributed by atoms with Gasteiger partial charge in [-0.3, -0.25) is 20.1 Å². The molecule has 3 aromatic heterocycles. The highest BCUT2D eigenvalue weighted by Gasteiger charge is 2.19. The number of nitrogens with zero attached hydrogens (tertiary/aromatic N) is 5. The molecule has 4 rings (SSSR count). The predicted octanol–water partition coefficient (Wildman–Crippen LogP) is 4.32. The van der Waals surface area contributed by atoms with Crippen LogP contribution < -0.4 is 14.8 Å². The van der Waals surface area contributed by atoms with Crippen molar-refractivity contribution < 1.29 is 14.3 Å². The molecule has 34 heavy (non-hydrogen) atoms. The van der Waals surface area contributed by atoms with Crippen molar-refractivity contribution in [3.05, 3.63) is 76.9 Å². The molecule has 0 atom stereocenters. The Morgan fingerprint density at radius 3 is 2.68 bits per heavy atom. The van der Waals surface area contributed by atoms with Crippen LogP contribution in [-0.4, -0.2) is 33.2 Å². The zero-order valence-electron chi connectivity index (χ0n) is 18.7. The summed E-state index contributed by atoms with van der Waals surface area (Å²) in [6.45, 7) is 4.02. The van der Waals surface area contributed by atoms with Crippen molar-refractivity contribution >= 4 is 22.4 Å². The van der Waals surface area contributed by atoms with Crippen LogP contribution in [0.2, 0.25) is 0 Å². The number of nitriles is 1. The average Bonchev–Trinajstić information content (AvgIpc) is 3.30. The van der Waals surface area contributed by atoms with E-state index in [4.69, 9.17) is 9.47 Å². The Balaban J connectivity index is 1.55. The van der Waals surface area contributed by atoms with Gasteiger partial charge in [0, 0.05) is 29.2 Å². The third kappa shape index (κ3) is 5.16. The van der Waals surface area contributed by atoms with Crippen molar-refractivity contribution in [1.29, 1.82) is 5.26 Å². The molecule has 0 saturated carbocycles. The largest absolute Gasteiger partial charge is 0.496 e. The van der Waals surface area contributed by atoms with E-state index in [9.17, 15) is 10.1 Å². The summed E-state index contributed by atoms with van der Waals surface area (Å²) >= 11 is 1.10. The van der Waals surface area contributed by atoms with E-state index in [0.717, 1.165) is 22.6 Å². The summed E-state index contributed by atoms with van der Waals surface area (Å²) in [5, 5.41) is 20.6. The number of methoxy groups -OCH3 is 1. The number of hydrogen-bond donors (Lipinski definition) is 1. The second kappa shape index (κ2) is 10.1. The lowest BCUT2D eigenvalue weighted by molar-refractivity contribution is 0.102. The molecule has 0 aliphatic rings. The van der Waals surface area contributed by atoms with Crippen molar-refractivity contribution in [2.75, 3.05) is 12.4 Å². The van der Waals surface area contributed by atoms with Crippen LogP contribution in [0.25, 0.3) is 11.1 Å². The molecular formula is C24H20N6O3S. The van der Waals surface area contributed by atoms with E-state index < -0.39 is 5.91 Å². The van der Waals surface area contributed by atoms with E-state index in [0.29, 0.717) is 38.9 Å². The number of carbonyl (C=O) groups is 1. The second-order valence-electron chi connectivity index (χ2n) is 7.34. The third-order valence-electron chi connectivity index (χ3n) is 4.85. The minimum Gasteiger partial charge on any atom is -0.496 e. The van der Waals surface area contributed by atoms with Gasteiger partial charge in [-0.2, -0.15) is 5.26 Å². The highest BCUT2D eigenvalue weighted by Crippen LogP contribution is 2.34. The zero-order valence-corrected chi connectivity index (χ0v) is 19.5. The summed E-state index contributed by atoms with van der Waals surface area (Å²) in [7, 11) is 1.54. The van der Waals surface area contributed by atoms with Crippen LogP contribution in [0.3, 0.4) is 0 Å². The monoisotopic (exact) mass is 472 g/mol. The van der Waals surface area contributed by atoms with Gasteiger partial charge in [0.25, 0.3) is 11.1 Å². The molecule has 0 unspecified atom stereocenters. The predicted molar refractivity (Wildman–Crippen MR) is 127 cm³/mol. The minimum absolute atomic E-state index is 0.240. The molecule has 0 bridgehead atoms. The fourth-order valence-corrected chi connectivity index (χ4v) is 3.74. The van der Waals surface area contributed by atoms with Crippen molar-refractivity contribution in [3.63, 3.8) is 0 Å². The van der Waals surface area contributed by atoms with Crippen LogP contribution in [0.5, 0.6) is 10.9 Å². The molecule has 1 N–H and O–H groups in total. The maximum atomic E-state index is 13.1. The summed E-state index contributed by atoms with van der Waals surface area (Å²) in [4.78, 5) is 21.7. The van der Waals surface area contributed by atoms with E-state index in [2.05, 4.69) is 31.6 Å². The van der Waals surface area contributed by atoms with Gasteiger partial charge in [-0.1, -0.05) is 11.2 Å². The normalized spacial score (nSPS) is 10.4. The van der Waals surface area contributed by atoms with Crippen LogP contribution >= 0.6 is 11.3 Å². The third-order valence-corrected chi connectivity index (χ3v) is 5.60. The Morgan fingerprint density at radius 2 is 1.94 bits per heavy atom. The molecule has 0 spiro atoms. The zero-order chi connectivity index (χ0) is 24.1. The first kappa shape index (κ1) is 22.8. The summed E-state index contributed by atoms with van der Waals surface area (Å²) in [5.74, 6) is 0.116. The molecule has 10 heteroatoms. The lowest BCUT2D eigenvalue weighted by Gasteiger charge is -2.13. The average molecular weight is 473 g/mol. The van der Waals surface area contributed by atoms with E-state index in [1.54, 1.807) is 30.5 Å². The van der Waals surface area contributed by atoms with Crippen LogP contribution in [-0.2, 0) is 6.61 Å². The van der Waals surface area contributed by atoms with Gasteiger partial charge in [-0.05, 0) is 61.1 Å². The highest BCUT2D eigenvalue weighted by molar-refractivity contribution is 7.17. The van der Waals surface area contributed by atoms with Crippen LogP contribution in [0.4, 0.5) is 5.13 Å². The molecule has 1 amide bonds. The first-order valence-electron chi connectivity index (χ1n) is 10.2. The van der Waals surface area contributed by atoms with Gasteiger partial charge in [0.15, 0.2) is 0 Å². The first-order valence-corrected chi connectivity index (χ1v) is 11.0. The Morgan fingerprint density at radius 1 is 1.09 bits per heavy atom. The fraction of sp³-hybridized carbons (Fsp3) is 0.167. The molecule has 9 nitrogen and oxygen atoms in total. The summed E-state index contributed by atoms with van der Waals surface area (Å²) in [6, 6.07) is 12.8. The van der Waals surface area contributed by atoms with Gasteiger partial charge in [-0.15, -0.1) is 5.10 Å². The van der Waals surface area contributed by atoms with Gasteiger partial charge >= 0.3 is 0 Å². The molecule has 0 aliphatic carbocycles. The topological polar surface area (TPSA) is 123 Å². The van der Waals surface area contributed by atoms with E-state index in [1.807, 2.05) is 26.0 Å². The van der Waals surface area contributed by atoms with E-state index in [1.165, 1.54) is 13.3 Å². The molecular weight excluding hydrogens is 452 g/mol. The van der Waals surface area contributed by atoms with Gasteiger partial charge < -0.3 is 9.47 Å². The Bertz CT molecular complexity index is 1380. The number of anilines is 1. The molecule has 0 saturated heterocycles. The van der Waals surface area contributed by atoms with Crippen LogP contribution in [0.15, 0.2) is 48.8 Å². The molecule has 0 aliphatic heterocycles. The number of rotatable bonds is 7. The second-order valence-corrected chi connectivity index (χ2v) is 8.28. The molecule has 3 heterocycles. The molecule has 0 radical (unpaired) electrons. The Labute approximate surface area is 200 Å². The quantitative estimate of drug-likeness (QED) is 0.422.